The number of halogens is 2. The molecule has 2 N–H and O–H groups in total. The third-order valence-electron chi connectivity index (χ3n) is 4.43. The van der Waals surface area contributed by atoms with Gasteiger partial charge in [0.2, 0.25) is 5.89 Å². The third kappa shape index (κ3) is 3.70. The van der Waals surface area contributed by atoms with Crippen molar-refractivity contribution in [2.45, 2.75) is 18.9 Å². The fourth-order valence-electron chi connectivity index (χ4n) is 3.10. The van der Waals surface area contributed by atoms with Crippen LogP contribution < -0.4 is 10.6 Å². The predicted molar refractivity (Wildman–Crippen MR) is 103 cm³/mol. The average Bonchev–Trinajstić information content (AvgIpc) is 3.05. The number of carbonyl (C=O) groups is 1. The Balaban J connectivity index is 1.60. The van der Waals surface area contributed by atoms with Gasteiger partial charge in [-0.15, -0.1) is 0 Å². The number of hydrogen-bond donors (Lipinski definition) is 2. The van der Waals surface area contributed by atoms with Gasteiger partial charge in [-0.3, -0.25) is 4.79 Å². The van der Waals surface area contributed by atoms with Gasteiger partial charge >= 0.3 is 0 Å². The first-order valence-electron chi connectivity index (χ1n) is 8.47. The second-order valence-electron chi connectivity index (χ2n) is 6.36. The van der Waals surface area contributed by atoms with Gasteiger partial charge in [-0.1, -0.05) is 23.2 Å². The van der Waals surface area contributed by atoms with E-state index in [1.165, 1.54) is 0 Å². The molecule has 0 saturated carbocycles. The first kappa shape index (κ1) is 17.3. The normalized spacial score (nSPS) is 15.3. The van der Waals surface area contributed by atoms with Crippen LogP contribution in [0.1, 0.15) is 23.2 Å². The molecule has 1 aliphatic rings. The molecule has 1 amide bonds. The number of hydrogen-bond acceptors (Lipinski definition) is 4. The van der Waals surface area contributed by atoms with Crippen LogP contribution in [0.3, 0.4) is 0 Å². The maximum absolute atomic E-state index is 12.5. The first-order valence-corrected chi connectivity index (χ1v) is 9.23. The molecule has 3 aromatic rings. The number of benzene rings is 2. The molecule has 2 aromatic carbocycles. The lowest BCUT2D eigenvalue weighted by atomic mass is 10.1. The van der Waals surface area contributed by atoms with E-state index >= 15 is 0 Å². The Morgan fingerprint density at radius 2 is 1.85 bits per heavy atom. The second kappa shape index (κ2) is 7.27. The monoisotopic (exact) mass is 389 g/mol. The van der Waals surface area contributed by atoms with Crippen LogP contribution in [0.4, 0.5) is 0 Å². The quantitative estimate of drug-likeness (QED) is 0.701. The highest BCUT2D eigenvalue weighted by molar-refractivity contribution is 6.35. The lowest BCUT2D eigenvalue weighted by Gasteiger charge is -2.23. The van der Waals surface area contributed by atoms with Gasteiger partial charge in [-0.25, -0.2) is 4.98 Å². The van der Waals surface area contributed by atoms with Crippen molar-refractivity contribution in [3.05, 3.63) is 52.0 Å². The molecular weight excluding hydrogens is 373 g/mol. The highest BCUT2D eigenvalue weighted by Gasteiger charge is 2.18. The molecule has 1 aromatic heterocycles. The molecule has 5 nitrogen and oxygen atoms in total. The molecule has 0 bridgehead atoms. The van der Waals surface area contributed by atoms with Crippen LogP contribution in [0.5, 0.6) is 0 Å². The molecule has 0 spiro atoms. The van der Waals surface area contributed by atoms with Crippen LogP contribution in [-0.2, 0) is 0 Å². The van der Waals surface area contributed by atoms with Gasteiger partial charge in [0.25, 0.3) is 5.91 Å². The zero-order valence-corrected chi connectivity index (χ0v) is 15.4. The highest BCUT2D eigenvalue weighted by atomic mass is 35.5. The number of nitrogens with one attached hydrogen (secondary N) is 2. The van der Waals surface area contributed by atoms with Gasteiger partial charge in [-0.2, -0.15) is 0 Å². The van der Waals surface area contributed by atoms with E-state index in [0.717, 1.165) is 25.9 Å². The van der Waals surface area contributed by atoms with Crippen molar-refractivity contribution in [2.75, 3.05) is 13.1 Å². The SMILES string of the molecule is O=C(NC1CCNCC1)c1ccc2nc(-c3cc(Cl)cc(Cl)c3)oc2c1. The summed E-state index contributed by atoms with van der Waals surface area (Å²) >= 11 is 12.1. The minimum Gasteiger partial charge on any atom is -0.436 e. The van der Waals surface area contributed by atoms with Gasteiger partial charge in [0.15, 0.2) is 5.58 Å². The van der Waals surface area contributed by atoms with Crippen molar-refractivity contribution in [1.82, 2.24) is 15.6 Å². The molecule has 26 heavy (non-hydrogen) atoms. The van der Waals surface area contributed by atoms with Crippen LogP contribution >= 0.6 is 23.2 Å². The van der Waals surface area contributed by atoms with Gasteiger partial charge in [0.05, 0.1) is 0 Å². The maximum Gasteiger partial charge on any atom is 0.251 e. The summed E-state index contributed by atoms with van der Waals surface area (Å²) in [6, 6.07) is 10.6. The molecule has 0 radical (unpaired) electrons. The lowest BCUT2D eigenvalue weighted by molar-refractivity contribution is 0.0929. The molecule has 0 atom stereocenters. The topological polar surface area (TPSA) is 67.2 Å². The van der Waals surface area contributed by atoms with Crippen molar-refractivity contribution < 1.29 is 9.21 Å². The van der Waals surface area contributed by atoms with Crippen molar-refractivity contribution in [2.24, 2.45) is 0 Å². The fraction of sp³-hybridized carbons (Fsp3) is 0.263. The summed E-state index contributed by atoms with van der Waals surface area (Å²) < 4.78 is 5.83. The van der Waals surface area contributed by atoms with Crippen molar-refractivity contribution in [1.29, 1.82) is 0 Å². The van der Waals surface area contributed by atoms with Crippen molar-refractivity contribution >= 4 is 40.2 Å². The molecule has 1 aliphatic heterocycles. The average molecular weight is 390 g/mol. The molecule has 7 heteroatoms. The Labute approximate surface area is 160 Å². The maximum atomic E-state index is 12.5. The number of carbonyl (C=O) groups excluding carboxylic acids is 1. The summed E-state index contributed by atoms with van der Waals surface area (Å²) in [6.07, 6.45) is 1.88. The van der Waals surface area contributed by atoms with E-state index in [1.54, 1.807) is 36.4 Å². The Kier molecular flexibility index (Phi) is 4.85. The van der Waals surface area contributed by atoms with Crippen LogP contribution in [0.15, 0.2) is 40.8 Å². The number of oxazole rings is 1. The number of nitrogens with zero attached hydrogens (tertiary/aromatic N) is 1. The van der Waals surface area contributed by atoms with Crippen LogP contribution in [0, 0.1) is 0 Å². The minimum absolute atomic E-state index is 0.0949. The summed E-state index contributed by atoms with van der Waals surface area (Å²) in [7, 11) is 0. The smallest absolute Gasteiger partial charge is 0.251 e. The number of rotatable bonds is 3. The van der Waals surface area contributed by atoms with E-state index in [-0.39, 0.29) is 11.9 Å². The van der Waals surface area contributed by atoms with Crippen LogP contribution in [0.25, 0.3) is 22.6 Å². The van der Waals surface area contributed by atoms with Gasteiger partial charge < -0.3 is 15.1 Å². The molecule has 4 rings (SSSR count). The Hall–Kier alpha value is -2.08. The Morgan fingerprint density at radius 1 is 1.12 bits per heavy atom. The lowest BCUT2D eigenvalue weighted by Crippen LogP contribution is -2.42. The number of aromatic nitrogens is 1. The molecule has 2 heterocycles. The Bertz CT molecular complexity index is 944. The van der Waals surface area contributed by atoms with Crippen LogP contribution in [-0.4, -0.2) is 30.0 Å². The van der Waals surface area contributed by atoms with E-state index in [0.29, 0.717) is 38.2 Å². The van der Waals surface area contributed by atoms with Gasteiger partial charge in [-0.05, 0) is 62.3 Å². The molecule has 0 unspecified atom stereocenters. The number of piperidine rings is 1. The highest BCUT2D eigenvalue weighted by Crippen LogP contribution is 2.29. The van der Waals surface area contributed by atoms with E-state index in [2.05, 4.69) is 15.6 Å². The first-order chi connectivity index (χ1) is 12.6. The predicted octanol–water partition coefficient (Wildman–Crippen LogP) is 4.28. The summed E-state index contributed by atoms with van der Waals surface area (Å²) in [5, 5.41) is 7.38. The van der Waals surface area contributed by atoms with Gasteiger partial charge in [0.1, 0.15) is 5.52 Å². The van der Waals surface area contributed by atoms with E-state index in [4.69, 9.17) is 27.6 Å². The molecule has 1 fully saturated rings. The van der Waals surface area contributed by atoms with E-state index in [1.807, 2.05) is 0 Å². The largest absolute Gasteiger partial charge is 0.436 e. The fourth-order valence-corrected chi connectivity index (χ4v) is 3.63. The van der Waals surface area contributed by atoms with E-state index in [9.17, 15) is 4.79 Å². The van der Waals surface area contributed by atoms with E-state index < -0.39 is 0 Å². The van der Waals surface area contributed by atoms with Gasteiger partial charge in [0, 0.05) is 27.2 Å². The van der Waals surface area contributed by atoms with Crippen molar-refractivity contribution in [3.8, 4) is 11.5 Å². The molecule has 134 valence electrons. The number of fused-ring (bicyclic) bond motifs is 1. The third-order valence-corrected chi connectivity index (χ3v) is 4.87. The summed E-state index contributed by atoms with van der Waals surface area (Å²) in [6.45, 7) is 1.86. The molecule has 0 aliphatic carbocycles. The molecular formula is C19H17Cl2N3O2. The summed E-state index contributed by atoms with van der Waals surface area (Å²) in [5.74, 6) is 0.322. The zero-order chi connectivity index (χ0) is 18.1. The second-order valence-corrected chi connectivity index (χ2v) is 7.23. The minimum atomic E-state index is -0.0949. The number of amides is 1. The summed E-state index contributed by atoms with van der Waals surface area (Å²) in [4.78, 5) is 17.0. The summed E-state index contributed by atoms with van der Waals surface area (Å²) in [5.41, 5.74) is 2.48. The van der Waals surface area contributed by atoms with Crippen molar-refractivity contribution in [3.63, 3.8) is 0 Å². The molecule has 1 saturated heterocycles. The standard InChI is InChI=1S/C19H17Cl2N3O2/c20-13-7-12(8-14(21)10-13)19-24-16-2-1-11(9-17(16)26-19)18(25)23-15-3-5-22-6-4-15/h1-2,7-10,15,22H,3-6H2,(H,23,25). The van der Waals surface area contributed by atoms with Crippen LogP contribution in [0.2, 0.25) is 10.0 Å². The Morgan fingerprint density at radius 3 is 2.58 bits per heavy atom. The zero-order valence-electron chi connectivity index (χ0n) is 13.9.